The molecule has 21 heavy (non-hydrogen) atoms. The molecule has 1 aliphatic heterocycles. The van der Waals surface area contributed by atoms with Crippen molar-refractivity contribution in [2.75, 3.05) is 13.2 Å². The SMILES string of the molecule is CCCCCCCCC(CCCC)C1=NCC=C1OCC. The molecule has 0 saturated heterocycles. The van der Waals surface area contributed by atoms with Crippen LogP contribution in [0, 0.1) is 5.92 Å². The van der Waals surface area contributed by atoms with Gasteiger partial charge in [-0.05, 0) is 25.8 Å². The molecule has 0 aromatic carbocycles. The number of unbranched alkanes of at least 4 members (excludes halogenated alkanes) is 6. The lowest BCUT2D eigenvalue weighted by Crippen LogP contribution is -2.17. The van der Waals surface area contributed by atoms with Gasteiger partial charge in [-0.1, -0.05) is 65.2 Å². The number of ether oxygens (including phenoxy) is 1. The Morgan fingerprint density at radius 1 is 0.952 bits per heavy atom. The monoisotopic (exact) mass is 293 g/mol. The third kappa shape index (κ3) is 7.15. The van der Waals surface area contributed by atoms with E-state index in [0.717, 1.165) is 18.9 Å². The highest BCUT2D eigenvalue weighted by Crippen LogP contribution is 2.25. The molecule has 1 rings (SSSR count). The Bertz CT molecular complexity index is 320. The lowest BCUT2D eigenvalue weighted by atomic mass is 9.90. The molecule has 0 aromatic rings. The number of nitrogens with zero attached hydrogens (tertiary/aromatic N) is 1. The van der Waals surface area contributed by atoms with E-state index in [1.807, 2.05) is 0 Å². The Kier molecular flexibility index (Phi) is 10.3. The van der Waals surface area contributed by atoms with Crippen molar-refractivity contribution < 1.29 is 4.74 Å². The largest absolute Gasteiger partial charge is 0.492 e. The highest BCUT2D eigenvalue weighted by Gasteiger charge is 2.22. The summed E-state index contributed by atoms with van der Waals surface area (Å²) < 4.78 is 5.77. The predicted octanol–water partition coefficient (Wildman–Crippen LogP) is 5.92. The van der Waals surface area contributed by atoms with Crippen molar-refractivity contribution >= 4 is 5.71 Å². The third-order valence-electron chi connectivity index (χ3n) is 4.29. The summed E-state index contributed by atoms with van der Waals surface area (Å²) in [4.78, 5) is 4.72. The fraction of sp³-hybridized carbons (Fsp3) is 0.842. The van der Waals surface area contributed by atoms with E-state index >= 15 is 0 Å². The van der Waals surface area contributed by atoms with E-state index in [0.29, 0.717) is 5.92 Å². The molecule has 0 saturated carbocycles. The molecule has 1 aliphatic rings. The van der Waals surface area contributed by atoms with Gasteiger partial charge in [-0.15, -0.1) is 0 Å². The van der Waals surface area contributed by atoms with E-state index in [4.69, 9.17) is 9.73 Å². The molecule has 0 bridgehead atoms. The van der Waals surface area contributed by atoms with Crippen LogP contribution in [0.15, 0.2) is 16.8 Å². The molecule has 0 aliphatic carbocycles. The van der Waals surface area contributed by atoms with Crippen LogP contribution in [0.5, 0.6) is 0 Å². The second-order valence-corrected chi connectivity index (χ2v) is 6.12. The number of aliphatic imine (C=N–C) groups is 1. The van der Waals surface area contributed by atoms with Gasteiger partial charge in [0.15, 0.2) is 0 Å². The first kappa shape index (κ1) is 18.3. The maximum absolute atomic E-state index is 5.77. The third-order valence-corrected chi connectivity index (χ3v) is 4.29. The Morgan fingerprint density at radius 3 is 2.33 bits per heavy atom. The van der Waals surface area contributed by atoms with Crippen LogP contribution in [0.25, 0.3) is 0 Å². The van der Waals surface area contributed by atoms with Crippen LogP contribution in [0.3, 0.4) is 0 Å². The molecular weight excluding hydrogens is 258 g/mol. The Labute approximate surface area is 132 Å². The normalized spacial score (nSPS) is 15.8. The van der Waals surface area contributed by atoms with E-state index in [-0.39, 0.29) is 0 Å². The highest BCUT2D eigenvalue weighted by molar-refractivity contribution is 6.01. The fourth-order valence-corrected chi connectivity index (χ4v) is 3.07. The second-order valence-electron chi connectivity index (χ2n) is 6.12. The number of allylic oxidation sites excluding steroid dienone is 1. The standard InChI is InChI=1S/C19H35NO/c1-4-7-9-10-11-12-14-17(13-8-5-2)19-18(21-6-3)15-16-20-19/h15,17H,4-14,16H2,1-3H3. The van der Waals surface area contributed by atoms with Crippen LogP contribution in [-0.4, -0.2) is 18.9 Å². The molecule has 0 radical (unpaired) electrons. The molecule has 0 fully saturated rings. The van der Waals surface area contributed by atoms with Gasteiger partial charge in [-0.2, -0.15) is 0 Å². The molecule has 0 aromatic heterocycles. The molecule has 0 amide bonds. The maximum atomic E-state index is 5.77. The van der Waals surface area contributed by atoms with Gasteiger partial charge in [-0.25, -0.2) is 0 Å². The molecule has 0 spiro atoms. The predicted molar refractivity (Wildman–Crippen MR) is 93.0 cm³/mol. The minimum absolute atomic E-state index is 0.622. The first-order valence-corrected chi connectivity index (χ1v) is 9.21. The fourth-order valence-electron chi connectivity index (χ4n) is 3.07. The lowest BCUT2D eigenvalue weighted by Gasteiger charge is -2.19. The van der Waals surface area contributed by atoms with E-state index in [2.05, 4.69) is 26.8 Å². The molecule has 1 heterocycles. The van der Waals surface area contributed by atoms with Crippen molar-refractivity contribution in [3.63, 3.8) is 0 Å². The molecule has 2 heteroatoms. The van der Waals surface area contributed by atoms with Crippen LogP contribution in [0.1, 0.15) is 85.0 Å². The van der Waals surface area contributed by atoms with E-state index < -0.39 is 0 Å². The van der Waals surface area contributed by atoms with Crippen LogP contribution >= 0.6 is 0 Å². The van der Waals surface area contributed by atoms with Gasteiger partial charge >= 0.3 is 0 Å². The zero-order valence-electron chi connectivity index (χ0n) is 14.5. The summed E-state index contributed by atoms with van der Waals surface area (Å²) in [6.07, 6.45) is 15.5. The van der Waals surface area contributed by atoms with Crippen LogP contribution in [0.4, 0.5) is 0 Å². The minimum Gasteiger partial charge on any atom is -0.492 e. The highest BCUT2D eigenvalue weighted by atomic mass is 16.5. The molecule has 0 N–H and O–H groups in total. The topological polar surface area (TPSA) is 21.6 Å². The van der Waals surface area contributed by atoms with Gasteiger partial charge in [0.05, 0.1) is 18.9 Å². The molecule has 122 valence electrons. The molecule has 1 atom stereocenters. The van der Waals surface area contributed by atoms with Crippen molar-refractivity contribution in [1.82, 2.24) is 0 Å². The summed E-state index contributed by atoms with van der Waals surface area (Å²) >= 11 is 0. The summed E-state index contributed by atoms with van der Waals surface area (Å²) in [6, 6.07) is 0. The van der Waals surface area contributed by atoms with Gasteiger partial charge in [0.1, 0.15) is 5.76 Å². The summed E-state index contributed by atoms with van der Waals surface area (Å²) in [7, 11) is 0. The van der Waals surface area contributed by atoms with Crippen molar-refractivity contribution in [1.29, 1.82) is 0 Å². The van der Waals surface area contributed by atoms with E-state index in [1.54, 1.807) is 0 Å². The van der Waals surface area contributed by atoms with Crippen molar-refractivity contribution in [2.24, 2.45) is 10.9 Å². The zero-order chi connectivity index (χ0) is 15.3. The number of hydrogen-bond acceptors (Lipinski definition) is 2. The maximum Gasteiger partial charge on any atom is 0.138 e. The number of hydrogen-bond donors (Lipinski definition) is 0. The second kappa shape index (κ2) is 11.8. The summed E-state index contributed by atoms with van der Waals surface area (Å²) in [5.41, 5.74) is 1.26. The summed E-state index contributed by atoms with van der Waals surface area (Å²) in [5, 5.41) is 0. The summed E-state index contributed by atoms with van der Waals surface area (Å²) in [5.74, 6) is 1.70. The summed E-state index contributed by atoms with van der Waals surface area (Å²) in [6.45, 7) is 8.19. The Balaban J connectivity index is 2.39. The smallest absolute Gasteiger partial charge is 0.138 e. The average Bonchev–Trinajstić information content (AvgIpc) is 2.94. The van der Waals surface area contributed by atoms with Crippen molar-refractivity contribution in [3.8, 4) is 0 Å². The van der Waals surface area contributed by atoms with Crippen molar-refractivity contribution in [2.45, 2.75) is 85.0 Å². The number of rotatable bonds is 13. The van der Waals surface area contributed by atoms with Gasteiger partial charge in [0.25, 0.3) is 0 Å². The Morgan fingerprint density at radius 2 is 1.62 bits per heavy atom. The van der Waals surface area contributed by atoms with E-state index in [9.17, 15) is 0 Å². The van der Waals surface area contributed by atoms with Crippen LogP contribution in [0.2, 0.25) is 0 Å². The lowest BCUT2D eigenvalue weighted by molar-refractivity contribution is 0.247. The van der Waals surface area contributed by atoms with Gasteiger partial charge in [0.2, 0.25) is 0 Å². The average molecular weight is 293 g/mol. The van der Waals surface area contributed by atoms with Gasteiger partial charge in [0, 0.05) is 5.92 Å². The zero-order valence-corrected chi connectivity index (χ0v) is 14.5. The van der Waals surface area contributed by atoms with Crippen LogP contribution in [-0.2, 0) is 4.74 Å². The Hall–Kier alpha value is -0.790. The minimum atomic E-state index is 0.622. The van der Waals surface area contributed by atoms with Crippen molar-refractivity contribution in [3.05, 3.63) is 11.8 Å². The quantitative estimate of drug-likeness (QED) is 0.386. The molecular formula is C19H35NO. The van der Waals surface area contributed by atoms with E-state index in [1.165, 1.54) is 69.9 Å². The molecule has 1 unspecified atom stereocenters. The first-order valence-electron chi connectivity index (χ1n) is 9.21. The first-order chi connectivity index (χ1) is 10.3. The van der Waals surface area contributed by atoms with Gasteiger partial charge in [-0.3, -0.25) is 4.99 Å². The van der Waals surface area contributed by atoms with Gasteiger partial charge < -0.3 is 4.74 Å². The van der Waals surface area contributed by atoms with Crippen LogP contribution < -0.4 is 0 Å². The molecule has 2 nitrogen and oxygen atoms in total.